The van der Waals surface area contributed by atoms with E-state index >= 15 is 0 Å². The fourth-order valence-corrected chi connectivity index (χ4v) is 0.819. The average molecular weight is 173 g/mol. The second-order valence-corrected chi connectivity index (χ2v) is 4.40. The van der Waals surface area contributed by atoms with E-state index < -0.39 is 0 Å². The number of nitrogens with one attached hydrogen (secondary N) is 1. The van der Waals surface area contributed by atoms with Crippen molar-refractivity contribution in [3.05, 3.63) is 0 Å². The molecule has 2 nitrogen and oxygen atoms in total. The summed E-state index contributed by atoms with van der Waals surface area (Å²) in [7, 11) is 0. The summed E-state index contributed by atoms with van der Waals surface area (Å²) in [6.07, 6.45) is 0.855. The van der Waals surface area contributed by atoms with Crippen molar-refractivity contribution in [1.29, 1.82) is 0 Å². The second-order valence-electron chi connectivity index (χ2n) is 4.40. The molecule has 2 heteroatoms. The van der Waals surface area contributed by atoms with Gasteiger partial charge in [-0.1, -0.05) is 27.7 Å². The third kappa shape index (κ3) is 4.73. The molecule has 0 unspecified atom stereocenters. The standard InChI is InChI=1S/C10H23NO/c1-9(2)10(3,4)8-11-6-5-7-12/h9,11-12H,5-8H2,1-4H3. The molecule has 0 saturated heterocycles. The van der Waals surface area contributed by atoms with E-state index in [-0.39, 0.29) is 6.61 Å². The minimum Gasteiger partial charge on any atom is -0.396 e. The highest BCUT2D eigenvalue weighted by Gasteiger charge is 2.21. The summed E-state index contributed by atoms with van der Waals surface area (Å²) < 4.78 is 0. The minimum absolute atomic E-state index is 0.287. The topological polar surface area (TPSA) is 32.3 Å². The number of rotatable bonds is 6. The normalized spacial score (nSPS) is 12.5. The molecular formula is C10H23NO. The summed E-state index contributed by atoms with van der Waals surface area (Å²) in [5.41, 5.74) is 0.357. The first-order chi connectivity index (χ1) is 5.50. The van der Waals surface area contributed by atoms with Crippen molar-refractivity contribution in [1.82, 2.24) is 5.32 Å². The van der Waals surface area contributed by atoms with E-state index in [2.05, 4.69) is 33.0 Å². The Morgan fingerprint density at radius 1 is 1.33 bits per heavy atom. The van der Waals surface area contributed by atoms with Crippen LogP contribution in [0.4, 0.5) is 0 Å². The fraction of sp³-hybridized carbons (Fsp3) is 1.00. The van der Waals surface area contributed by atoms with Crippen LogP contribution in [0.15, 0.2) is 0 Å². The summed E-state index contributed by atoms with van der Waals surface area (Å²) in [5, 5.41) is 11.9. The van der Waals surface area contributed by atoms with Gasteiger partial charge in [-0.25, -0.2) is 0 Å². The van der Waals surface area contributed by atoms with E-state index in [0.717, 1.165) is 19.5 Å². The van der Waals surface area contributed by atoms with E-state index in [4.69, 9.17) is 5.11 Å². The third-order valence-corrected chi connectivity index (χ3v) is 2.66. The number of hydrogen-bond donors (Lipinski definition) is 2. The molecule has 0 spiro atoms. The Balaban J connectivity index is 3.47. The molecule has 0 aromatic heterocycles. The fourth-order valence-electron chi connectivity index (χ4n) is 0.819. The number of aliphatic hydroxyl groups excluding tert-OH is 1. The first-order valence-electron chi connectivity index (χ1n) is 4.82. The Morgan fingerprint density at radius 2 is 1.92 bits per heavy atom. The predicted octanol–water partition coefficient (Wildman–Crippen LogP) is 1.64. The molecule has 0 atom stereocenters. The van der Waals surface area contributed by atoms with Crippen molar-refractivity contribution < 1.29 is 5.11 Å². The molecule has 0 aliphatic heterocycles. The van der Waals surface area contributed by atoms with Crippen LogP contribution < -0.4 is 5.32 Å². The highest BCUT2D eigenvalue weighted by molar-refractivity contribution is 4.74. The summed E-state index contributed by atoms with van der Waals surface area (Å²) >= 11 is 0. The van der Waals surface area contributed by atoms with Crippen LogP contribution in [0.1, 0.15) is 34.1 Å². The molecule has 0 aliphatic carbocycles. The summed E-state index contributed by atoms with van der Waals surface area (Å²) in [4.78, 5) is 0. The summed E-state index contributed by atoms with van der Waals surface area (Å²) in [6, 6.07) is 0. The second kappa shape index (κ2) is 5.55. The molecule has 0 rings (SSSR count). The molecule has 0 radical (unpaired) electrons. The lowest BCUT2D eigenvalue weighted by molar-refractivity contribution is 0.231. The van der Waals surface area contributed by atoms with E-state index in [1.54, 1.807) is 0 Å². The lowest BCUT2D eigenvalue weighted by atomic mass is 9.81. The van der Waals surface area contributed by atoms with Crippen molar-refractivity contribution >= 4 is 0 Å². The van der Waals surface area contributed by atoms with Crippen molar-refractivity contribution in [3.8, 4) is 0 Å². The molecule has 0 fully saturated rings. The SMILES string of the molecule is CC(C)C(C)(C)CNCCCO. The maximum absolute atomic E-state index is 8.56. The quantitative estimate of drug-likeness (QED) is 0.598. The van der Waals surface area contributed by atoms with Gasteiger partial charge in [0.25, 0.3) is 0 Å². The molecule has 0 saturated carbocycles. The molecule has 0 aliphatic rings. The van der Waals surface area contributed by atoms with Gasteiger partial charge in [-0.15, -0.1) is 0 Å². The van der Waals surface area contributed by atoms with Crippen LogP contribution in [-0.4, -0.2) is 24.8 Å². The van der Waals surface area contributed by atoms with Gasteiger partial charge in [0.05, 0.1) is 0 Å². The van der Waals surface area contributed by atoms with Crippen LogP contribution in [0.3, 0.4) is 0 Å². The van der Waals surface area contributed by atoms with Gasteiger partial charge >= 0.3 is 0 Å². The molecule has 12 heavy (non-hydrogen) atoms. The molecule has 0 bridgehead atoms. The van der Waals surface area contributed by atoms with Gasteiger partial charge in [0.15, 0.2) is 0 Å². The number of aliphatic hydroxyl groups is 1. The minimum atomic E-state index is 0.287. The summed E-state index contributed by atoms with van der Waals surface area (Å²) in [5.74, 6) is 0.694. The van der Waals surface area contributed by atoms with Crippen LogP contribution in [0.5, 0.6) is 0 Å². The Kier molecular flexibility index (Phi) is 5.51. The van der Waals surface area contributed by atoms with E-state index in [1.165, 1.54) is 0 Å². The third-order valence-electron chi connectivity index (χ3n) is 2.66. The van der Waals surface area contributed by atoms with Gasteiger partial charge in [-0.2, -0.15) is 0 Å². The Hall–Kier alpha value is -0.0800. The van der Waals surface area contributed by atoms with Crippen molar-refractivity contribution in [3.63, 3.8) is 0 Å². The van der Waals surface area contributed by atoms with Gasteiger partial charge in [-0.3, -0.25) is 0 Å². The van der Waals surface area contributed by atoms with Crippen LogP contribution in [0, 0.1) is 11.3 Å². The Morgan fingerprint density at radius 3 is 2.33 bits per heavy atom. The first kappa shape index (κ1) is 11.9. The van der Waals surface area contributed by atoms with Crippen LogP contribution in [0.25, 0.3) is 0 Å². The van der Waals surface area contributed by atoms with Gasteiger partial charge in [0, 0.05) is 13.2 Å². The van der Waals surface area contributed by atoms with Crippen molar-refractivity contribution in [2.45, 2.75) is 34.1 Å². The molecule has 0 aromatic rings. The van der Waals surface area contributed by atoms with Crippen LogP contribution >= 0.6 is 0 Å². The lowest BCUT2D eigenvalue weighted by Gasteiger charge is -2.29. The van der Waals surface area contributed by atoms with E-state index in [1.807, 2.05) is 0 Å². The first-order valence-corrected chi connectivity index (χ1v) is 4.82. The van der Waals surface area contributed by atoms with Gasteiger partial charge < -0.3 is 10.4 Å². The Bertz CT molecular complexity index is 110. The van der Waals surface area contributed by atoms with Crippen molar-refractivity contribution in [2.75, 3.05) is 19.7 Å². The molecule has 74 valence electrons. The zero-order valence-corrected chi connectivity index (χ0v) is 8.85. The predicted molar refractivity (Wildman–Crippen MR) is 53.2 cm³/mol. The molecular weight excluding hydrogens is 150 g/mol. The van der Waals surface area contributed by atoms with Gasteiger partial charge in [0.2, 0.25) is 0 Å². The van der Waals surface area contributed by atoms with Crippen LogP contribution in [-0.2, 0) is 0 Å². The van der Waals surface area contributed by atoms with Crippen molar-refractivity contribution in [2.24, 2.45) is 11.3 Å². The molecule has 0 amide bonds. The monoisotopic (exact) mass is 173 g/mol. The molecule has 0 heterocycles. The zero-order chi connectivity index (χ0) is 9.61. The maximum Gasteiger partial charge on any atom is 0.0443 e. The highest BCUT2D eigenvalue weighted by Crippen LogP contribution is 2.24. The van der Waals surface area contributed by atoms with Gasteiger partial charge in [-0.05, 0) is 24.3 Å². The summed E-state index contributed by atoms with van der Waals surface area (Å²) in [6.45, 7) is 11.3. The van der Waals surface area contributed by atoms with E-state index in [0.29, 0.717) is 11.3 Å². The molecule has 0 aromatic carbocycles. The Labute approximate surface area is 76.4 Å². The van der Waals surface area contributed by atoms with Gasteiger partial charge in [0.1, 0.15) is 0 Å². The largest absolute Gasteiger partial charge is 0.396 e. The average Bonchev–Trinajstić information content (AvgIpc) is 1.98. The smallest absolute Gasteiger partial charge is 0.0443 e. The lowest BCUT2D eigenvalue weighted by Crippen LogP contribution is -2.34. The maximum atomic E-state index is 8.56. The zero-order valence-electron chi connectivity index (χ0n) is 8.85. The number of hydrogen-bond acceptors (Lipinski definition) is 2. The highest BCUT2D eigenvalue weighted by atomic mass is 16.3. The molecule has 2 N–H and O–H groups in total. The van der Waals surface area contributed by atoms with Crippen LogP contribution in [0.2, 0.25) is 0 Å². The van der Waals surface area contributed by atoms with E-state index in [9.17, 15) is 0 Å².